The Morgan fingerprint density at radius 1 is 0.964 bits per heavy atom. The Bertz CT molecular complexity index is 817. The van der Waals surface area contributed by atoms with Crippen molar-refractivity contribution in [3.63, 3.8) is 0 Å². The molecule has 0 radical (unpaired) electrons. The first-order valence-corrected chi connectivity index (χ1v) is 12.4. The highest BCUT2D eigenvalue weighted by molar-refractivity contribution is 7.89. The minimum Gasteiger partial charge on any atom is -0.335 e. The number of hydrogen-bond acceptors (Lipinski definition) is 3. The summed E-state index contributed by atoms with van der Waals surface area (Å²) in [7, 11) is -3.56. The molecule has 6 heteroatoms. The molecular formula is C22H32N2O3S. The second kappa shape index (κ2) is 8.15. The molecule has 0 N–H and O–H groups in total. The first-order valence-electron chi connectivity index (χ1n) is 10.9. The van der Waals surface area contributed by atoms with E-state index in [1.165, 1.54) is 25.7 Å². The van der Waals surface area contributed by atoms with Crippen molar-refractivity contribution in [1.82, 2.24) is 9.21 Å². The van der Waals surface area contributed by atoms with Crippen LogP contribution in [0.5, 0.6) is 0 Å². The van der Waals surface area contributed by atoms with Crippen LogP contribution in [0.2, 0.25) is 0 Å². The van der Waals surface area contributed by atoms with Crippen LogP contribution in [0.15, 0.2) is 29.2 Å². The van der Waals surface area contributed by atoms with Crippen LogP contribution in [0.3, 0.4) is 0 Å². The van der Waals surface area contributed by atoms with Gasteiger partial charge < -0.3 is 4.90 Å². The molecule has 2 saturated heterocycles. The number of rotatable bonds is 4. The maximum absolute atomic E-state index is 13.3. The largest absolute Gasteiger partial charge is 0.335 e. The molecule has 1 aromatic carbocycles. The summed E-state index contributed by atoms with van der Waals surface area (Å²) in [5.74, 6) is 0.616. The summed E-state index contributed by atoms with van der Waals surface area (Å²) in [5, 5.41) is 0. The van der Waals surface area contributed by atoms with Crippen molar-refractivity contribution < 1.29 is 13.2 Å². The third kappa shape index (κ3) is 3.73. The van der Waals surface area contributed by atoms with Crippen LogP contribution in [0.4, 0.5) is 0 Å². The Morgan fingerprint density at radius 3 is 2.46 bits per heavy atom. The van der Waals surface area contributed by atoms with Gasteiger partial charge in [0.15, 0.2) is 0 Å². The van der Waals surface area contributed by atoms with E-state index in [2.05, 4.69) is 0 Å². The predicted octanol–water partition coefficient (Wildman–Crippen LogP) is 4.04. The van der Waals surface area contributed by atoms with E-state index in [4.69, 9.17) is 0 Å². The van der Waals surface area contributed by atoms with Crippen molar-refractivity contribution in [2.75, 3.05) is 13.1 Å². The topological polar surface area (TPSA) is 57.7 Å². The number of carbonyl (C=O) groups is 1. The fourth-order valence-electron chi connectivity index (χ4n) is 5.40. The summed E-state index contributed by atoms with van der Waals surface area (Å²) in [6.07, 6.45) is 9.98. The Morgan fingerprint density at radius 2 is 1.71 bits per heavy atom. The van der Waals surface area contributed by atoms with Crippen LogP contribution in [0.25, 0.3) is 0 Å². The number of hydrogen-bond donors (Lipinski definition) is 0. The maximum Gasteiger partial charge on any atom is 0.254 e. The van der Waals surface area contributed by atoms with Gasteiger partial charge in [-0.25, -0.2) is 8.42 Å². The number of carbonyl (C=O) groups excluding carboxylic acids is 1. The molecule has 1 amide bonds. The van der Waals surface area contributed by atoms with Gasteiger partial charge in [0, 0.05) is 30.7 Å². The number of benzene rings is 1. The fourth-order valence-corrected chi connectivity index (χ4v) is 7.14. The molecule has 4 rings (SSSR count). The molecule has 5 nitrogen and oxygen atoms in total. The van der Waals surface area contributed by atoms with E-state index < -0.39 is 10.0 Å². The minimum atomic E-state index is -3.56. The summed E-state index contributed by atoms with van der Waals surface area (Å²) < 4.78 is 27.9. The molecule has 0 spiro atoms. The quantitative estimate of drug-likeness (QED) is 0.761. The maximum atomic E-state index is 13.3. The molecule has 28 heavy (non-hydrogen) atoms. The van der Waals surface area contributed by atoms with Gasteiger partial charge in [0.2, 0.25) is 10.0 Å². The molecule has 2 aliphatic heterocycles. The Labute approximate surface area is 169 Å². The molecule has 2 unspecified atom stereocenters. The van der Waals surface area contributed by atoms with Gasteiger partial charge in [0.1, 0.15) is 0 Å². The zero-order chi connectivity index (χ0) is 19.7. The number of likely N-dealkylation sites (tertiary alicyclic amines) is 1. The predicted molar refractivity (Wildman–Crippen MR) is 110 cm³/mol. The van der Waals surface area contributed by atoms with E-state index in [0.717, 1.165) is 38.6 Å². The fraction of sp³-hybridized carbons (Fsp3) is 0.682. The normalized spacial score (nSPS) is 27.4. The number of nitrogens with zero attached hydrogens (tertiary/aromatic N) is 2. The standard InChI is InChI=1S/C22H32N2O3S/c1-17-8-4-5-15-24(17)28(26,27)20-12-6-11-19(16-20)22(25)23-14-7-13-21(23)18-9-2-3-10-18/h6,11-12,16-18,21H,2-5,7-10,13-15H2,1H3. The summed E-state index contributed by atoms with van der Waals surface area (Å²) in [6.45, 7) is 3.33. The zero-order valence-electron chi connectivity index (χ0n) is 16.8. The molecule has 154 valence electrons. The van der Waals surface area contributed by atoms with Crippen LogP contribution >= 0.6 is 0 Å². The smallest absolute Gasteiger partial charge is 0.254 e. The lowest BCUT2D eigenvalue weighted by atomic mass is 9.95. The second-order valence-corrected chi connectivity index (χ2v) is 10.6. The Balaban J connectivity index is 1.57. The van der Waals surface area contributed by atoms with Crippen LogP contribution < -0.4 is 0 Å². The van der Waals surface area contributed by atoms with E-state index in [-0.39, 0.29) is 16.8 Å². The van der Waals surface area contributed by atoms with Crippen molar-refractivity contribution in [2.45, 2.75) is 81.7 Å². The average molecular weight is 405 g/mol. The van der Waals surface area contributed by atoms with Gasteiger partial charge in [-0.3, -0.25) is 4.79 Å². The highest BCUT2D eigenvalue weighted by Gasteiger charge is 2.37. The van der Waals surface area contributed by atoms with E-state index in [9.17, 15) is 13.2 Å². The first kappa shape index (κ1) is 19.9. The molecule has 3 aliphatic rings. The van der Waals surface area contributed by atoms with Gasteiger partial charge in [-0.1, -0.05) is 25.3 Å². The summed E-state index contributed by atoms with van der Waals surface area (Å²) in [6, 6.07) is 7.07. The molecule has 2 atom stereocenters. The van der Waals surface area contributed by atoms with E-state index in [0.29, 0.717) is 24.1 Å². The number of piperidine rings is 1. The van der Waals surface area contributed by atoms with Crippen LogP contribution in [-0.2, 0) is 10.0 Å². The van der Waals surface area contributed by atoms with Crippen LogP contribution in [0.1, 0.15) is 75.1 Å². The Hall–Kier alpha value is -1.40. The van der Waals surface area contributed by atoms with Crippen molar-refractivity contribution in [2.24, 2.45) is 5.92 Å². The summed E-state index contributed by atoms with van der Waals surface area (Å²) in [4.78, 5) is 15.5. The van der Waals surface area contributed by atoms with E-state index in [1.54, 1.807) is 28.6 Å². The van der Waals surface area contributed by atoms with E-state index >= 15 is 0 Å². The van der Waals surface area contributed by atoms with Gasteiger partial charge in [0.05, 0.1) is 4.90 Å². The lowest BCUT2D eigenvalue weighted by Gasteiger charge is -2.32. The molecule has 0 aromatic heterocycles. The Kier molecular flexibility index (Phi) is 5.79. The van der Waals surface area contributed by atoms with Crippen molar-refractivity contribution >= 4 is 15.9 Å². The third-order valence-electron chi connectivity index (χ3n) is 6.93. The van der Waals surface area contributed by atoms with Crippen molar-refractivity contribution in [3.8, 4) is 0 Å². The first-order chi connectivity index (χ1) is 13.5. The average Bonchev–Trinajstić information content (AvgIpc) is 3.39. The van der Waals surface area contributed by atoms with Crippen molar-refractivity contribution in [3.05, 3.63) is 29.8 Å². The monoisotopic (exact) mass is 404 g/mol. The van der Waals surface area contributed by atoms with Gasteiger partial charge in [-0.05, 0) is 69.6 Å². The highest BCUT2D eigenvalue weighted by atomic mass is 32.2. The molecule has 0 bridgehead atoms. The number of amides is 1. The van der Waals surface area contributed by atoms with Gasteiger partial charge in [-0.2, -0.15) is 4.31 Å². The van der Waals surface area contributed by atoms with Crippen molar-refractivity contribution in [1.29, 1.82) is 0 Å². The number of sulfonamides is 1. The zero-order valence-corrected chi connectivity index (χ0v) is 17.7. The molecule has 1 saturated carbocycles. The molecule has 1 aliphatic carbocycles. The highest BCUT2D eigenvalue weighted by Crippen LogP contribution is 2.36. The minimum absolute atomic E-state index is 0.00172. The lowest BCUT2D eigenvalue weighted by molar-refractivity contribution is 0.0689. The molecule has 2 heterocycles. The van der Waals surface area contributed by atoms with Crippen LogP contribution in [-0.4, -0.2) is 48.7 Å². The van der Waals surface area contributed by atoms with E-state index in [1.807, 2.05) is 11.8 Å². The van der Waals surface area contributed by atoms with Gasteiger partial charge in [-0.15, -0.1) is 0 Å². The SMILES string of the molecule is CC1CCCCN1S(=O)(=O)c1cccc(C(=O)N2CCCC2C2CCCC2)c1. The second-order valence-electron chi connectivity index (χ2n) is 8.74. The molecule has 1 aromatic rings. The lowest BCUT2D eigenvalue weighted by Crippen LogP contribution is -2.42. The molecule has 3 fully saturated rings. The van der Waals surface area contributed by atoms with Crippen LogP contribution in [0, 0.1) is 5.92 Å². The third-order valence-corrected chi connectivity index (χ3v) is 8.94. The molecular weight excluding hydrogens is 372 g/mol. The summed E-state index contributed by atoms with van der Waals surface area (Å²) >= 11 is 0. The van der Waals surface area contributed by atoms with Gasteiger partial charge in [0.25, 0.3) is 5.91 Å². The van der Waals surface area contributed by atoms with Gasteiger partial charge >= 0.3 is 0 Å². The summed E-state index contributed by atoms with van der Waals surface area (Å²) in [5.41, 5.74) is 0.510.